The van der Waals surface area contributed by atoms with Gasteiger partial charge in [0, 0.05) is 16.6 Å². The quantitative estimate of drug-likeness (QED) is 0.872. The molecule has 2 rings (SSSR count). The van der Waals surface area contributed by atoms with Gasteiger partial charge in [-0.2, -0.15) is 0 Å². The first-order valence-electron chi connectivity index (χ1n) is 6.41. The largest absolute Gasteiger partial charge is 0.487 e. The molecule has 20 heavy (non-hydrogen) atoms. The Morgan fingerprint density at radius 3 is 2.80 bits per heavy atom. The van der Waals surface area contributed by atoms with Gasteiger partial charge in [-0.05, 0) is 30.8 Å². The summed E-state index contributed by atoms with van der Waals surface area (Å²) in [5, 5.41) is 3.20. The summed E-state index contributed by atoms with van der Waals surface area (Å²) in [4.78, 5) is 4.28. The zero-order valence-electron chi connectivity index (χ0n) is 11.2. The molecule has 2 aromatic rings. The number of ether oxygens (including phenoxy) is 1. The highest BCUT2D eigenvalue weighted by atomic mass is 79.9. The smallest absolute Gasteiger partial charge is 0.138 e. The molecule has 0 bridgehead atoms. The Morgan fingerprint density at radius 2 is 2.15 bits per heavy atom. The van der Waals surface area contributed by atoms with Gasteiger partial charge in [-0.3, -0.25) is 4.98 Å². The van der Waals surface area contributed by atoms with Crippen LogP contribution in [0.3, 0.4) is 0 Å². The van der Waals surface area contributed by atoms with Gasteiger partial charge in [0.05, 0.1) is 11.9 Å². The van der Waals surface area contributed by atoms with Gasteiger partial charge in [0.2, 0.25) is 0 Å². The number of nitrogens with one attached hydrogen (secondary N) is 1. The minimum Gasteiger partial charge on any atom is -0.487 e. The second kappa shape index (κ2) is 7.36. The van der Waals surface area contributed by atoms with Gasteiger partial charge in [0.15, 0.2) is 0 Å². The van der Waals surface area contributed by atoms with Gasteiger partial charge in [0.25, 0.3) is 0 Å². The van der Waals surface area contributed by atoms with Crippen molar-refractivity contribution in [2.24, 2.45) is 0 Å². The number of rotatable bonds is 6. The van der Waals surface area contributed by atoms with E-state index < -0.39 is 0 Å². The number of hydrogen-bond acceptors (Lipinski definition) is 3. The van der Waals surface area contributed by atoms with E-state index in [-0.39, 0.29) is 12.4 Å². The first kappa shape index (κ1) is 14.9. The maximum Gasteiger partial charge on any atom is 0.138 e. The van der Waals surface area contributed by atoms with Crippen LogP contribution >= 0.6 is 15.9 Å². The first-order valence-corrected chi connectivity index (χ1v) is 7.20. The minimum absolute atomic E-state index is 0.188. The van der Waals surface area contributed by atoms with Crippen LogP contribution in [0.15, 0.2) is 41.0 Å². The molecule has 5 heteroatoms. The maximum atomic E-state index is 13.6. The van der Waals surface area contributed by atoms with Crippen LogP contribution < -0.4 is 10.1 Å². The lowest BCUT2D eigenvalue weighted by atomic mass is 10.2. The van der Waals surface area contributed by atoms with Crippen LogP contribution in [0.4, 0.5) is 4.39 Å². The molecular formula is C15H16BrFN2O. The van der Waals surface area contributed by atoms with Gasteiger partial charge in [-0.1, -0.05) is 28.9 Å². The van der Waals surface area contributed by atoms with E-state index in [4.69, 9.17) is 4.74 Å². The molecule has 0 aliphatic heterocycles. The van der Waals surface area contributed by atoms with Crippen LogP contribution in [-0.2, 0) is 13.2 Å². The number of nitrogens with zero attached hydrogens (tertiary/aromatic N) is 1. The highest BCUT2D eigenvalue weighted by Crippen LogP contribution is 2.17. The van der Waals surface area contributed by atoms with Crippen LogP contribution in [0.25, 0.3) is 0 Å². The van der Waals surface area contributed by atoms with Crippen molar-refractivity contribution in [3.63, 3.8) is 0 Å². The Labute approximate surface area is 126 Å². The summed E-state index contributed by atoms with van der Waals surface area (Å²) in [6, 6.07) is 8.66. The van der Waals surface area contributed by atoms with E-state index >= 15 is 0 Å². The van der Waals surface area contributed by atoms with Crippen LogP contribution in [-0.4, -0.2) is 11.5 Å². The normalized spacial score (nSPS) is 10.6. The fourth-order valence-corrected chi connectivity index (χ4v) is 1.99. The summed E-state index contributed by atoms with van der Waals surface area (Å²) >= 11 is 3.22. The highest BCUT2D eigenvalue weighted by molar-refractivity contribution is 9.10. The molecule has 1 heterocycles. The molecule has 0 unspecified atom stereocenters. The van der Waals surface area contributed by atoms with E-state index in [1.807, 2.05) is 19.1 Å². The number of aromatic nitrogens is 1. The summed E-state index contributed by atoms with van der Waals surface area (Å²) in [5.74, 6) is 0.351. The molecule has 0 saturated carbocycles. The predicted octanol–water partition coefficient (Wildman–Crippen LogP) is 3.67. The molecule has 3 nitrogen and oxygen atoms in total. The SMILES string of the molecule is CCNCc1ccc(OCc2ccc(Br)cc2F)cn1. The van der Waals surface area contributed by atoms with Gasteiger partial charge >= 0.3 is 0 Å². The second-order valence-corrected chi connectivity index (χ2v) is 5.21. The zero-order chi connectivity index (χ0) is 14.4. The van der Waals surface area contributed by atoms with Crippen LogP contribution in [0.2, 0.25) is 0 Å². The summed E-state index contributed by atoms with van der Waals surface area (Å²) in [6.07, 6.45) is 1.66. The summed E-state index contributed by atoms with van der Waals surface area (Å²) in [6.45, 7) is 3.87. The van der Waals surface area contributed by atoms with Crippen molar-refractivity contribution in [1.29, 1.82) is 0 Å². The van der Waals surface area contributed by atoms with E-state index in [9.17, 15) is 4.39 Å². The Bertz CT molecular complexity index is 560. The van der Waals surface area contributed by atoms with E-state index in [2.05, 4.69) is 26.2 Å². The van der Waals surface area contributed by atoms with E-state index in [0.29, 0.717) is 15.8 Å². The monoisotopic (exact) mass is 338 g/mol. The third-order valence-electron chi connectivity index (χ3n) is 2.76. The standard InChI is InChI=1S/C15H16BrFN2O/c1-2-18-8-13-5-6-14(9-19-13)20-10-11-3-4-12(16)7-15(11)17/h3-7,9,18H,2,8,10H2,1H3. The van der Waals surface area contributed by atoms with Crippen molar-refractivity contribution in [3.8, 4) is 5.75 Å². The Balaban J connectivity index is 1.93. The summed E-state index contributed by atoms with van der Waals surface area (Å²) < 4.78 is 19.9. The van der Waals surface area contributed by atoms with Crippen LogP contribution in [0.1, 0.15) is 18.2 Å². The first-order chi connectivity index (χ1) is 9.69. The molecule has 0 aliphatic rings. The van der Waals surface area contributed by atoms with Gasteiger partial charge < -0.3 is 10.1 Å². The van der Waals surface area contributed by atoms with Crippen molar-refractivity contribution >= 4 is 15.9 Å². The molecule has 0 saturated heterocycles. The molecule has 1 N–H and O–H groups in total. The number of halogens is 2. The van der Waals surface area contributed by atoms with Crippen molar-refractivity contribution in [2.75, 3.05) is 6.54 Å². The molecule has 106 valence electrons. The molecule has 0 fully saturated rings. The Kier molecular flexibility index (Phi) is 5.49. The van der Waals surface area contributed by atoms with Crippen molar-refractivity contribution in [2.45, 2.75) is 20.1 Å². The third kappa shape index (κ3) is 4.28. The van der Waals surface area contributed by atoms with E-state index in [0.717, 1.165) is 18.8 Å². The van der Waals surface area contributed by atoms with Gasteiger partial charge in [-0.25, -0.2) is 4.39 Å². The Hall–Kier alpha value is -1.46. The number of hydrogen-bond donors (Lipinski definition) is 1. The van der Waals surface area contributed by atoms with Crippen LogP contribution in [0, 0.1) is 5.82 Å². The lowest BCUT2D eigenvalue weighted by molar-refractivity contribution is 0.298. The number of pyridine rings is 1. The highest BCUT2D eigenvalue weighted by Gasteiger charge is 2.04. The Morgan fingerprint density at radius 1 is 1.30 bits per heavy atom. The molecule has 0 amide bonds. The van der Waals surface area contributed by atoms with Crippen molar-refractivity contribution in [1.82, 2.24) is 10.3 Å². The molecule has 1 aromatic carbocycles. The van der Waals surface area contributed by atoms with Crippen molar-refractivity contribution < 1.29 is 9.13 Å². The molecule has 0 radical (unpaired) electrons. The third-order valence-corrected chi connectivity index (χ3v) is 3.26. The molecule has 0 atom stereocenters. The average molecular weight is 339 g/mol. The summed E-state index contributed by atoms with van der Waals surface area (Å²) in [5.41, 5.74) is 1.47. The average Bonchev–Trinajstić information content (AvgIpc) is 2.45. The van der Waals surface area contributed by atoms with Gasteiger partial charge in [0.1, 0.15) is 18.2 Å². The molecular weight excluding hydrogens is 323 g/mol. The van der Waals surface area contributed by atoms with Crippen LogP contribution in [0.5, 0.6) is 5.75 Å². The van der Waals surface area contributed by atoms with E-state index in [1.165, 1.54) is 6.07 Å². The van der Waals surface area contributed by atoms with Gasteiger partial charge in [-0.15, -0.1) is 0 Å². The fraction of sp³-hybridized carbons (Fsp3) is 0.267. The predicted molar refractivity (Wildman–Crippen MR) is 80.0 cm³/mol. The maximum absolute atomic E-state index is 13.6. The minimum atomic E-state index is -0.281. The molecule has 0 spiro atoms. The summed E-state index contributed by atoms with van der Waals surface area (Å²) in [7, 11) is 0. The lowest BCUT2D eigenvalue weighted by Gasteiger charge is -2.08. The number of benzene rings is 1. The second-order valence-electron chi connectivity index (χ2n) is 4.29. The molecule has 1 aromatic heterocycles. The van der Waals surface area contributed by atoms with Crippen molar-refractivity contribution in [3.05, 3.63) is 58.1 Å². The topological polar surface area (TPSA) is 34.1 Å². The van der Waals surface area contributed by atoms with E-state index in [1.54, 1.807) is 18.3 Å². The lowest BCUT2D eigenvalue weighted by Crippen LogP contribution is -2.12. The fourth-order valence-electron chi connectivity index (χ4n) is 1.65. The molecule has 0 aliphatic carbocycles. The zero-order valence-corrected chi connectivity index (χ0v) is 12.8.